The summed E-state index contributed by atoms with van der Waals surface area (Å²) >= 11 is 6.08. The van der Waals surface area contributed by atoms with Crippen molar-refractivity contribution in [3.63, 3.8) is 0 Å². The fourth-order valence-corrected chi connectivity index (χ4v) is 5.63. The Hall–Kier alpha value is -2.39. The lowest BCUT2D eigenvalue weighted by atomic mass is 9.97. The van der Waals surface area contributed by atoms with Crippen molar-refractivity contribution < 1.29 is 17.7 Å². The molecule has 2 aromatic carbocycles. The number of hydrogen-bond donors (Lipinski definition) is 1. The lowest BCUT2D eigenvalue weighted by molar-refractivity contribution is 0.178. The number of rotatable bonds is 6. The molecule has 32 heavy (non-hydrogen) atoms. The minimum absolute atomic E-state index is 0.197. The largest absolute Gasteiger partial charge is 0.488 e. The first-order valence-electron chi connectivity index (χ1n) is 10.7. The van der Waals surface area contributed by atoms with Crippen LogP contribution in [0.25, 0.3) is 11.3 Å². The van der Waals surface area contributed by atoms with E-state index in [0.29, 0.717) is 36.1 Å². The first kappa shape index (κ1) is 21.5. The third-order valence-electron chi connectivity index (χ3n) is 6.10. The van der Waals surface area contributed by atoms with Crippen molar-refractivity contribution in [2.75, 3.05) is 19.6 Å². The molecule has 168 valence electrons. The fourth-order valence-electron chi connectivity index (χ4n) is 4.27. The molecule has 0 spiro atoms. The summed E-state index contributed by atoms with van der Waals surface area (Å²) in [5.41, 5.74) is 2.62. The lowest BCUT2D eigenvalue weighted by Crippen LogP contribution is -2.38. The average molecular weight is 474 g/mol. The molecular formula is C23H24ClN3O4S. The molecule has 0 bridgehead atoms. The minimum Gasteiger partial charge on any atom is -0.488 e. The zero-order valence-corrected chi connectivity index (χ0v) is 19.0. The van der Waals surface area contributed by atoms with E-state index in [2.05, 4.69) is 20.8 Å². The maximum atomic E-state index is 12.9. The molecule has 2 aliphatic rings. The van der Waals surface area contributed by atoms with Gasteiger partial charge in [-0.2, -0.15) is 0 Å². The van der Waals surface area contributed by atoms with Gasteiger partial charge < -0.3 is 9.26 Å². The van der Waals surface area contributed by atoms with Crippen molar-refractivity contribution in [2.24, 2.45) is 5.92 Å². The van der Waals surface area contributed by atoms with Crippen molar-refractivity contribution in [1.29, 1.82) is 0 Å². The number of nitrogens with zero attached hydrogens (tertiary/aromatic N) is 2. The summed E-state index contributed by atoms with van der Waals surface area (Å²) in [6.07, 6.45) is 3.49. The zero-order valence-electron chi connectivity index (χ0n) is 17.5. The van der Waals surface area contributed by atoms with Gasteiger partial charge in [0.05, 0.1) is 22.2 Å². The van der Waals surface area contributed by atoms with Gasteiger partial charge in [-0.25, -0.2) is 13.1 Å². The van der Waals surface area contributed by atoms with Crippen LogP contribution < -0.4 is 9.46 Å². The van der Waals surface area contributed by atoms with Crippen molar-refractivity contribution >= 4 is 21.6 Å². The van der Waals surface area contributed by atoms with E-state index in [-0.39, 0.29) is 4.90 Å². The molecule has 0 atom stereocenters. The number of nitrogens with one attached hydrogen (secondary N) is 1. The number of piperidine rings is 1. The quantitative estimate of drug-likeness (QED) is 0.580. The molecule has 3 aromatic rings. The standard InChI is InChI=1S/C23H24ClN3O4S/c24-19-3-1-2-17(10-19)14-27-8-6-16(7-9-27)12-26-32(28,29)20-4-5-22-21(11-20)23-18(15-30-22)13-25-31-23/h1-5,10-11,13,16,26H,6-9,12,14-15H2. The van der Waals surface area contributed by atoms with Crippen molar-refractivity contribution in [3.05, 3.63) is 64.8 Å². The van der Waals surface area contributed by atoms with Gasteiger partial charge in [0.25, 0.3) is 0 Å². The van der Waals surface area contributed by atoms with Crippen LogP contribution in [-0.4, -0.2) is 38.1 Å². The second kappa shape index (κ2) is 8.86. The number of benzene rings is 2. The summed E-state index contributed by atoms with van der Waals surface area (Å²) in [5.74, 6) is 1.47. The summed E-state index contributed by atoms with van der Waals surface area (Å²) in [7, 11) is -3.64. The normalized spacial score (nSPS) is 16.9. The Labute approximate surface area is 192 Å². The summed E-state index contributed by atoms with van der Waals surface area (Å²) in [6, 6.07) is 12.7. The third-order valence-corrected chi connectivity index (χ3v) is 7.75. The van der Waals surface area contributed by atoms with Crippen LogP contribution in [0.2, 0.25) is 5.02 Å². The zero-order chi connectivity index (χ0) is 22.1. The SMILES string of the molecule is O=S(=O)(NCC1CCN(Cc2cccc(Cl)c2)CC1)c1ccc2c(c1)-c1oncc1CO2. The van der Waals surface area contributed by atoms with Gasteiger partial charge in [0.2, 0.25) is 10.0 Å². The fraction of sp³-hybridized carbons (Fsp3) is 0.348. The molecular weight excluding hydrogens is 450 g/mol. The molecule has 0 saturated carbocycles. The van der Waals surface area contributed by atoms with Gasteiger partial charge in [-0.1, -0.05) is 28.9 Å². The maximum Gasteiger partial charge on any atom is 0.240 e. The average Bonchev–Trinajstić information content (AvgIpc) is 3.28. The number of ether oxygens (including phenoxy) is 1. The lowest BCUT2D eigenvalue weighted by Gasteiger charge is -2.32. The predicted octanol–water partition coefficient (Wildman–Crippen LogP) is 4.08. The van der Waals surface area contributed by atoms with E-state index in [1.54, 1.807) is 24.4 Å². The van der Waals surface area contributed by atoms with Gasteiger partial charge in [-0.05, 0) is 67.7 Å². The van der Waals surface area contributed by atoms with Crippen LogP contribution in [-0.2, 0) is 23.2 Å². The molecule has 3 heterocycles. The van der Waals surface area contributed by atoms with E-state index >= 15 is 0 Å². The molecule has 1 aromatic heterocycles. The van der Waals surface area contributed by atoms with Gasteiger partial charge in [0.1, 0.15) is 12.4 Å². The van der Waals surface area contributed by atoms with E-state index in [1.807, 2.05) is 18.2 Å². The Bertz CT molecular complexity index is 1220. The number of aromatic nitrogens is 1. The summed E-state index contributed by atoms with van der Waals surface area (Å²) in [5, 5.41) is 4.55. The van der Waals surface area contributed by atoms with E-state index in [1.165, 1.54) is 5.56 Å². The number of halogens is 1. The molecule has 0 radical (unpaired) electrons. The highest BCUT2D eigenvalue weighted by Gasteiger charge is 2.26. The van der Waals surface area contributed by atoms with Crippen molar-refractivity contribution in [3.8, 4) is 17.1 Å². The van der Waals surface area contributed by atoms with Crippen LogP contribution in [0.15, 0.2) is 58.1 Å². The minimum atomic E-state index is -3.64. The summed E-state index contributed by atoms with van der Waals surface area (Å²) < 4.78 is 39.6. The Balaban J connectivity index is 1.18. The van der Waals surface area contributed by atoms with Gasteiger partial charge >= 0.3 is 0 Å². The van der Waals surface area contributed by atoms with Crippen molar-refractivity contribution in [1.82, 2.24) is 14.8 Å². The third kappa shape index (κ3) is 4.54. The molecule has 5 rings (SSSR count). The smallest absolute Gasteiger partial charge is 0.240 e. The van der Waals surface area contributed by atoms with Crippen LogP contribution in [0, 0.1) is 5.92 Å². The summed E-state index contributed by atoms with van der Waals surface area (Å²) in [6.45, 7) is 3.52. The van der Waals surface area contributed by atoms with Crippen LogP contribution in [0.5, 0.6) is 5.75 Å². The highest BCUT2D eigenvalue weighted by molar-refractivity contribution is 7.89. The van der Waals surface area contributed by atoms with Gasteiger partial charge in [-0.15, -0.1) is 0 Å². The summed E-state index contributed by atoms with van der Waals surface area (Å²) in [4.78, 5) is 2.58. The molecule has 9 heteroatoms. The van der Waals surface area contributed by atoms with Gasteiger partial charge in [0.15, 0.2) is 5.76 Å². The number of fused-ring (bicyclic) bond motifs is 3. The molecule has 0 unspecified atom stereocenters. The van der Waals surface area contributed by atoms with Crippen LogP contribution in [0.1, 0.15) is 24.0 Å². The first-order chi connectivity index (χ1) is 15.5. The second-order valence-corrected chi connectivity index (χ2v) is 10.5. The topological polar surface area (TPSA) is 84.7 Å². The maximum absolute atomic E-state index is 12.9. The second-order valence-electron chi connectivity index (χ2n) is 8.33. The van der Waals surface area contributed by atoms with Crippen LogP contribution in [0.3, 0.4) is 0 Å². The number of sulfonamides is 1. The molecule has 1 N–H and O–H groups in total. The Morgan fingerprint density at radius 3 is 2.81 bits per heavy atom. The molecule has 0 aliphatic carbocycles. The first-order valence-corrected chi connectivity index (χ1v) is 12.5. The molecule has 2 aliphatic heterocycles. The Morgan fingerprint density at radius 2 is 2.00 bits per heavy atom. The molecule has 1 saturated heterocycles. The molecule has 0 amide bonds. The highest BCUT2D eigenvalue weighted by Crippen LogP contribution is 2.38. The van der Waals surface area contributed by atoms with E-state index in [0.717, 1.165) is 43.1 Å². The van der Waals surface area contributed by atoms with E-state index < -0.39 is 10.0 Å². The Kier molecular flexibility index (Phi) is 5.94. The molecule has 7 nitrogen and oxygen atoms in total. The number of hydrogen-bond acceptors (Lipinski definition) is 6. The Morgan fingerprint density at radius 1 is 1.16 bits per heavy atom. The molecule has 1 fully saturated rings. The van der Waals surface area contributed by atoms with Crippen molar-refractivity contribution in [2.45, 2.75) is 30.9 Å². The monoisotopic (exact) mass is 473 g/mol. The predicted molar refractivity (Wildman–Crippen MR) is 121 cm³/mol. The van der Waals surface area contributed by atoms with E-state index in [4.69, 9.17) is 20.9 Å². The number of likely N-dealkylation sites (tertiary alicyclic amines) is 1. The highest BCUT2D eigenvalue weighted by atomic mass is 35.5. The van der Waals surface area contributed by atoms with Crippen LogP contribution >= 0.6 is 11.6 Å². The van der Waals surface area contributed by atoms with Gasteiger partial charge in [-0.3, -0.25) is 4.90 Å². The van der Waals surface area contributed by atoms with Gasteiger partial charge in [0, 0.05) is 18.1 Å². The van der Waals surface area contributed by atoms with E-state index in [9.17, 15) is 8.42 Å². The van der Waals surface area contributed by atoms with Crippen LogP contribution in [0.4, 0.5) is 0 Å².